The van der Waals surface area contributed by atoms with Gasteiger partial charge in [0.2, 0.25) is 0 Å². The van der Waals surface area contributed by atoms with Gasteiger partial charge in [0, 0.05) is 0 Å². The van der Waals surface area contributed by atoms with Crippen molar-refractivity contribution in [2.24, 2.45) is 0 Å². The summed E-state index contributed by atoms with van der Waals surface area (Å²) >= 11 is 6.01. The molecule has 0 saturated heterocycles. The highest BCUT2D eigenvalue weighted by molar-refractivity contribution is 6.29. The summed E-state index contributed by atoms with van der Waals surface area (Å²) in [4.78, 5) is 16.7. The number of halogens is 1. The molecule has 0 radical (unpaired) electrons. The zero-order chi connectivity index (χ0) is 15.1. The summed E-state index contributed by atoms with van der Waals surface area (Å²) in [6.45, 7) is 9.35. The lowest BCUT2D eigenvalue weighted by Crippen LogP contribution is -2.24. The molecule has 6 heteroatoms. The van der Waals surface area contributed by atoms with Crippen LogP contribution in [-0.4, -0.2) is 26.2 Å². The number of imidazole rings is 1. The Morgan fingerprint density at radius 1 is 1.45 bits per heavy atom. The van der Waals surface area contributed by atoms with E-state index in [4.69, 9.17) is 16.3 Å². The molecule has 2 heterocycles. The predicted octanol–water partition coefficient (Wildman–Crippen LogP) is 3.21. The number of ether oxygens (including phenoxy) is 1. The predicted molar refractivity (Wildman–Crippen MR) is 77.3 cm³/mol. The molecule has 2 rings (SSSR count). The van der Waals surface area contributed by atoms with Crippen molar-refractivity contribution in [2.75, 3.05) is 0 Å². The highest BCUT2D eigenvalue weighted by Crippen LogP contribution is 2.21. The first kappa shape index (κ1) is 14.8. The van der Waals surface area contributed by atoms with Crippen LogP contribution in [0.1, 0.15) is 49.4 Å². The number of esters is 1. The second-order valence-electron chi connectivity index (χ2n) is 5.62. The van der Waals surface area contributed by atoms with Crippen LogP contribution in [0.2, 0.25) is 5.15 Å². The van der Waals surface area contributed by atoms with Crippen LogP contribution in [0, 0.1) is 6.92 Å². The largest absolute Gasteiger partial charge is 0.456 e. The van der Waals surface area contributed by atoms with Gasteiger partial charge in [-0.1, -0.05) is 18.5 Å². The van der Waals surface area contributed by atoms with Crippen molar-refractivity contribution in [1.82, 2.24) is 14.6 Å². The number of hydrogen-bond donors (Lipinski definition) is 0. The maximum Gasteiger partial charge on any atom is 0.342 e. The molecule has 0 aromatic carbocycles. The molecular weight excluding hydrogens is 278 g/mol. The SMILES string of the molecule is CCc1c(C)nc2c(C(=O)OC(C)(C)C)cc(Cl)nn12. The smallest absolute Gasteiger partial charge is 0.342 e. The fraction of sp³-hybridized carbons (Fsp3) is 0.500. The van der Waals surface area contributed by atoms with Crippen molar-refractivity contribution in [1.29, 1.82) is 0 Å². The van der Waals surface area contributed by atoms with Gasteiger partial charge in [0.15, 0.2) is 10.8 Å². The first-order valence-electron chi connectivity index (χ1n) is 6.51. The van der Waals surface area contributed by atoms with Gasteiger partial charge in [-0.15, -0.1) is 0 Å². The van der Waals surface area contributed by atoms with Gasteiger partial charge in [0.1, 0.15) is 11.2 Å². The molecule has 0 aliphatic heterocycles. The summed E-state index contributed by atoms with van der Waals surface area (Å²) in [6.07, 6.45) is 0.758. The van der Waals surface area contributed by atoms with E-state index in [0.29, 0.717) is 11.2 Å². The minimum Gasteiger partial charge on any atom is -0.456 e. The lowest BCUT2D eigenvalue weighted by Gasteiger charge is -2.19. The van der Waals surface area contributed by atoms with E-state index in [1.807, 2.05) is 34.6 Å². The van der Waals surface area contributed by atoms with Gasteiger partial charge < -0.3 is 4.74 Å². The third-order valence-corrected chi connectivity index (χ3v) is 2.99. The van der Waals surface area contributed by atoms with Crippen LogP contribution in [0.5, 0.6) is 0 Å². The van der Waals surface area contributed by atoms with Crippen molar-refractivity contribution in [3.8, 4) is 0 Å². The minimum absolute atomic E-state index is 0.241. The van der Waals surface area contributed by atoms with Crippen molar-refractivity contribution >= 4 is 23.2 Å². The van der Waals surface area contributed by atoms with E-state index in [9.17, 15) is 4.79 Å². The van der Waals surface area contributed by atoms with Crippen LogP contribution in [0.3, 0.4) is 0 Å². The number of rotatable bonds is 2. The standard InChI is InChI=1S/C14H18ClN3O2/c1-6-10-8(2)16-12-9(7-11(15)17-18(10)12)13(19)20-14(3,4)5/h7H,6H2,1-5H3. The zero-order valence-corrected chi connectivity index (χ0v) is 13.1. The fourth-order valence-corrected chi connectivity index (χ4v) is 2.22. The minimum atomic E-state index is -0.570. The molecule has 2 aromatic heterocycles. The number of fused-ring (bicyclic) bond motifs is 1. The average molecular weight is 296 g/mol. The number of aryl methyl sites for hydroxylation is 2. The van der Waals surface area contributed by atoms with E-state index in [0.717, 1.165) is 17.8 Å². The first-order valence-corrected chi connectivity index (χ1v) is 6.89. The maximum absolute atomic E-state index is 12.3. The quantitative estimate of drug-likeness (QED) is 0.798. The zero-order valence-electron chi connectivity index (χ0n) is 12.3. The van der Waals surface area contributed by atoms with Gasteiger partial charge in [-0.25, -0.2) is 14.3 Å². The number of carbonyl (C=O) groups excluding carboxylic acids is 1. The molecule has 0 fully saturated rings. The molecule has 0 aliphatic carbocycles. The van der Waals surface area contributed by atoms with E-state index in [-0.39, 0.29) is 5.15 Å². The molecule has 0 aliphatic rings. The Hall–Kier alpha value is -1.62. The van der Waals surface area contributed by atoms with Crippen molar-refractivity contribution < 1.29 is 9.53 Å². The summed E-state index contributed by atoms with van der Waals surface area (Å²) in [5.74, 6) is -0.445. The topological polar surface area (TPSA) is 56.5 Å². The number of aromatic nitrogens is 3. The molecule has 5 nitrogen and oxygen atoms in total. The Kier molecular flexibility index (Phi) is 3.73. The Labute approximate surface area is 122 Å². The normalized spacial score (nSPS) is 11.9. The molecule has 0 unspecified atom stereocenters. The second kappa shape index (κ2) is 5.05. The van der Waals surface area contributed by atoms with Gasteiger partial charge >= 0.3 is 5.97 Å². The highest BCUT2D eigenvalue weighted by Gasteiger charge is 2.23. The van der Waals surface area contributed by atoms with Gasteiger partial charge in [-0.05, 0) is 40.2 Å². The van der Waals surface area contributed by atoms with Crippen LogP contribution in [0.4, 0.5) is 0 Å². The molecule has 20 heavy (non-hydrogen) atoms. The Bertz CT molecular complexity index is 671. The lowest BCUT2D eigenvalue weighted by molar-refractivity contribution is 0.00709. The van der Waals surface area contributed by atoms with Crippen molar-refractivity contribution in [3.05, 3.63) is 28.2 Å². The molecule has 2 aromatic rings. The Balaban J connectivity index is 2.62. The number of hydrogen-bond acceptors (Lipinski definition) is 4. The second-order valence-corrected chi connectivity index (χ2v) is 6.00. The van der Waals surface area contributed by atoms with Crippen LogP contribution < -0.4 is 0 Å². The van der Waals surface area contributed by atoms with E-state index < -0.39 is 11.6 Å². The molecule has 0 saturated carbocycles. The molecular formula is C14H18ClN3O2. The van der Waals surface area contributed by atoms with Gasteiger partial charge in [0.25, 0.3) is 0 Å². The molecule has 108 valence electrons. The molecule has 0 amide bonds. The highest BCUT2D eigenvalue weighted by atomic mass is 35.5. The molecule has 0 atom stereocenters. The van der Waals surface area contributed by atoms with E-state index in [1.165, 1.54) is 6.07 Å². The molecule has 0 spiro atoms. The van der Waals surface area contributed by atoms with Crippen LogP contribution in [-0.2, 0) is 11.2 Å². The van der Waals surface area contributed by atoms with E-state index in [1.54, 1.807) is 4.52 Å². The van der Waals surface area contributed by atoms with Crippen LogP contribution in [0.15, 0.2) is 6.07 Å². The third-order valence-electron chi connectivity index (χ3n) is 2.80. The Morgan fingerprint density at radius 3 is 2.65 bits per heavy atom. The first-order chi connectivity index (χ1) is 9.23. The van der Waals surface area contributed by atoms with Crippen molar-refractivity contribution in [2.45, 2.75) is 46.6 Å². The van der Waals surface area contributed by atoms with Crippen molar-refractivity contribution in [3.63, 3.8) is 0 Å². The summed E-state index contributed by atoms with van der Waals surface area (Å²) in [7, 11) is 0. The summed E-state index contributed by atoms with van der Waals surface area (Å²) in [5, 5.41) is 4.46. The Morgan fingerprint density at radius 2 is 2.10 bits per heavy atom. The van der Waals surface area contributed by atoms with Crippen LogP contribution in [0.25, 0.3) is 5.65 Å². The van der Waals surface area contributed by atoms with Crippen LogP contribution >= 0.6 is 11.6 Å². The summed E-state index contributed by atoms with van der Waals surface area (Å²) in [6, 6.07) is 1.50. The monoisotopic (exact) mass is 295 g/mol. The van der Waals surface area contributed by atoms with Gasteiger partial charge in [-0.2, -0.15) is 5.10 Å². The summed E-state index contributed by atoms with van der Waals surface area (Å²) < 4.78 is 7.01. The number of nitrogens with zero attached hydrogens (tertiary/aromatic N) is 3. The van der Waals surface area contributed by atoms with E-state index in [2.05, 4.69) is 10.1 Å². The summed E-state index contributed by atoms with van der Waals surface area (Å²) in [5.41, 5.74) is 2.03. The molecule has 0 N–H and O–H groups in total. The molecule has 0 bridgehead atoms. The van der Waals surface area contributed by atoms with E-state index >= 15 is 0 Å². The average Bonchev–Trinajstić information content (AvgIpc) is 2.61. The third kappa shape index (κ3) is 2.77. The lowest BCUT2D eigenvalue weighted by atomic mass is 10.2. The van der Waals surface area contributed by atoms with Gasteiger partial charge in [-0.3, -0.25) is 0 Å². The maximum atomic E-state index is 12.3. The number of carbonyl (C=O) groups is 1. The fourth-order valence-electron chi connectivity index (χ4n) is 2.03. The van der Waals surface area contributed by atoms with Gasteiger partial charge in [0.05, 0.1) is 11.4 Å².